The van der Waals surface area contributed by atoms with Gasteiger partial charge in [-0.05, 0) is 25.1 Å². The molecule has 0 aliphatic heterocycles. The van der Waals surface area contributed by atoms with Crippen molar-refractivity contribution in [2.75, 3.05) is 12.4 Å². The third-order valence-electron chi connectivity index (χ3n) is 3.66. The molecule has 3 aromatic rings. The molecule has 1 aromatic heterocycles. The number of benzene rings is 2. The molecule has 2 N–H and O–H groups in total. The van der Waals surface area contributed by atoms with E-state index in [0.717, 1.165) is 11.3 Å². The van der Waals surface area contributed by atoms with Crippen LogP contribution in [0.15, 0.2) is 47.0 Å². The number of halogens is 1. The number of nitrogens with zero attached hydrogens (tertiary/aromatic N) is 2. The number of amides is 1. The van der Waals surface area contributed by atoms with Gasteiger partial charge in [-0.15, -0.1) is 0 Å². The molecular formula is C18H17ClN4O2. The second-order valence-corrected chi connectivity index (χ2v) is 5.91. The van der Waals surface area contributed by atoms with Gasteiger partial charge in [0.05, 0.1) is 17.1 Å². The monoisotopic (exact) mass is 356 g/mol. The van der Waals surface area contributed by atoms with Crippen LogP contribution in [0.1, 0.15) is 21.8 Å². The summed E-state index contributed by atoms with van der Waals surface area (Å²) in [5, 5.41) is 10.1. The quantitative estimate of drug-likeness (QED) is 0.729. The summed E-state index contributed by atoms with van der Waals surface area (Å²) in [7, 11) is 1.56. The van der Waals surface area contributed by atoms with Crippen molar-refractivity contribution >= 4 is 23.2 Å². The SMILES string of the molecule is CNC(=O)c1ccc(NCc2nc(-c3ccc(C)cc3)no2)cc1Cl. The fourth-order valence-corrected chi connectivity index (χ4v) is 2.53. The van der Waals surface area contributed by atoms with Gasteiger partial charge in [-0.1, -0.05) is 46.6 Å². The van der Waals surface area contributed by atoms with Gasteiger partial charge in [0.2, 0.25) is 11.7 Å². The number of carbonyl (C=O) groups is 1. The van der Waals surface area contributed by atoms with E-state index in [-0.39, 0.29) is 5.91 Å². The van der Waals surface area contributed by atoms with Crippen molar-refractivity contribution in [2.45, 2.75) is 13.5 Å². The maximum Gasteiger partial charge on any atom is 0.252 e. The Hall–Kier alpha value is -2.86. The normalized spacial score (nSPS) is 10.5. The fraction of sp³-hybridized carbons (Fsp3) is 0.167. The van der Waals surface area contributed by atoms with Gasteiger partial charge in [0.1, 0.15) is 0 Å². The highest BCUT2D eigenvalue weighted by Crippen LogP contribution is 2.22. The summed E-state index contributed by atoms with van der Waals surface area (Å²) in [4.78, 5) is 16.0. The fourth-order valence-electron chi connectivity index (χ4n) is 2.27. The molecule has 2 aromatic carbocycles. The molecule has 0 saturated carbocycles. The highest BCUT2D eigenvalue weighted by Gasteiger charge is 2.11. The third kappa shape index (κ3) is 3.97. The second kappa shape index (κ2) is 7.36. The average molecular weight is 357 g/mol. The van der Waals surface area contributed by atoms with Crippen molar-refractivity contribution in [1.82, 2.24) is 15.5 Å². The maximum atomic E-state index is 11.6. The Kier molecular flexibility index (Phi) is 5.00. The van der Waals surface area contributed by atoms with Gasteiger partial charge in [0.25, 0.3) is 5.91 Å². The van der Waals surface area contributed by atoms with Crippen LogP contribution in [-0.4, -0.2) is 23.1 Å². The molecule has 1 amide bonds. The van der Waals surface area contributed by atoms with Crippen LogP contribution in [0.3, 0.4) is 0 Å². The zero-order chi connectivity index (χ0) is 17.8. The molecule has 0 unspecified atom stereocenters. The second-order valence-electron chi connectivity index (χ2n) is 5.51. The first-order valence-corrected chi connectivity index (χ1v) is 8.10. The zero-order valence-electron chi connectivity index (χ0n) is 13.8. The van der Waals surface area contributed by atoms with Crippen LogP contribution in [0.5, 0.6) is 0 Å². The Balaban J connectivity index is 1.67. The van der Waals surface area contributed by atoms with Gasteiger partial charge >= 0.3 is 0 Å². The molecule has 0 fully saturated rings. The zero-order valence-corrected chi connectivity index (χ0v) is 14.6. The Morgan fingerprint density at radius 3 is 2.64 bits per heavy atom. The van der Waals surface area contributed by atoms with Crippen LogP contribution >= 0.6 is 11.6 Å². The predicted octanol–water partition coefficient (Wildman–Crippen LogP) is 3.67. The largest absolute Gasteiger partial charge is 0.376 e. The lowest BCUT2D eigenvalue weighted by Crippen LogP contribution is -2.18. The molecule has 128 valence electrons. The molecule has 3 rings (SSSR count). The molecule has 25 heavy (non-hydrogen) atoms. The molecule has 0 saturated heterocycles. The topological polar surface area (TPSA) is 80.0 Å². The Bertz CT molecular complexity index is 890. The molecular weight excluding hydrogens is 340 g/mol. The number of anilines is 1. The minimum absolute atomic E-state index is 0.226. The number of hydrogen-bond acceptors (Lipinski definition) is 5. The van der Waals surface area contributed by atoms with Crippen LogP contribution in [0.2, 0.25) is 5.02 Å². The van der Waals surface area contributed by atoms with E-state index in [1.807, 2.05) is 31.2 Å². The first kappa shape index (κ1) is 17.0. The Morgan fingerprint density at radius 1 is 1.20 bits per heavy atom. The van der Waals surface area contributed by atoms with Crippen LogP contribution < -0.4 is 10.6 Å². The average Bonchev–Trinajstić information content (AvgIpc) is 3.09. The molecule has 6 nitrogen and oxygen atoms in total. The first-order chi connectivity index (χ1) is 12.1. The molecule has 0 bridgehead atoms. The molecule has 0 radical (unpaired) electrons. The lowest BCUT2D eigenvalue weighted by atomic mass is 10.1. The van der Waals surface area contributed by atoms with Gasteiger partial charge in [-0.25, -0.2) is 0 Å². The van der Waals surface area contributed by atoms with Crippen molar-refractivity contribution in [1.29, 1.82) is 0 Å². The van der Waals surface area contributed by atoms with Crippen molar-refractivity contribution in [3.8, 4) is 11.4 Å². The molecule has 1 heterocycles. The van der Waals surface area contributed by atoms with Gasteiger partial charge < -0.3 is 15.2 Å². The number of nitrogens with one attached hydrogen (secondary N) is 2. The summed E-state index contributed by atoms with van der Waals surface area (Å²) in [6.07, 6.45) is 0. The minimum Gasteiger partial charge on any atom is -0.376 e. The van der Waals surface area contributed by atoms with Crippen molar-refractivity contribution < 1.29 is 9.32 Å². The first-order valence-electron chi connectivity index (χ1n) is 7.72. The van der Waals surface area contributed by atoms with E-state index in [4.69, 9.17) is 16.1 Å². The Labute approximate surface area is 150 Å². The van der Waals surface area contributed by atoms with Crippen molar-refractivity contribution in [3.05, 3.63) is 64.5 Å². The highest BCUT2D eigenvalue weighted by molar-refractivity contribution is 6.34. The lowest BCUT2D eigenvalue weighted by molar-refractivity contribution is 0.0963. The maximum absolute atomic E-state index is 11.6. The van der Waals surface area contributed by atoms with Gasteiger partial charge in [0.15, 0.2) is 0 Å². The Morgan fingerprint density at radius 2 is 1.96 bits per heavy atom. The van der Waals surface area contributed by atoms with E-state index in [0.29, 0.717) is 28.8 Å². The standard InChI is InChI=1S/C18H17ClN4O2/c1-11-3-5-12(6-4-11)17-22-16(25-23-17)10-21-13-7-8-14(15(19)9-13)18(24)20-2/h3-9,21H,10H2,1-2H3,(H,20,24). The van der Waals surface area contributed by atoms with E-state index in [1.54, 1.807) is 25.2 Å². The van der Waals surface area contributed by atoms with Crippen molar-refractivity contribution in [2.24, 2.45) is 0 Å². The summed E-state index contributed by atoms with van der Waals surface area (Å²) < 4.78 is 5.26. The number of aryl methyl sites for hydroxylation is 1. The molecule has 0 aliphatic rings. The van der Waals surface area contributed by atoms with E-state index >= 15 is 0 Å². The molecule has 0 spiro atoms. The van der Waals surface area contributed by atoms with E-state index in [2.05, 4.69) is 20.8 Å². The van der Waals surface area contributed by atoms with E-state index < -0.39 is 0 Å². The molecule has 0 aliphatic carbocycles. The number of carbonyl (C=O) groups excluding carboxylic acids is 1. The van der Waals surface area contributed by atoms with Gasteiger partial charge in [-0.2, -0.15) is 4.98 Å². The predicted molar refractivity (Wildman–Crippen MR) is 96.6 cm³/mol. The summed E-state index contributed by atoms with van der Waals surface area (Å²) in [5.74, 6) is 0.781. The lowest BCUT2D eigenvalue weighted by Gasteiger charge is -2.07. The third-order valence-corrected chi connectivity index (χ3v) is 3.98. The van der Waals surface area contributed by atoms with Crippen molar-refractivity contribution in [3.63, 3.8) is 0 Å². The van der Waals surface area contributed by atoms with E-state index in [1.165, 1.54) is 5.56 Å². The summed E-state index contributed by atoms with van der Waals surface area (Å²) in [6, 6.07) is 13.0. The summed E-state index contributed by atoms with van der Waals surface area (Å²) >= 11 is 6.13. The summed E-state index contributed by atoms with van der Waals surface area (Å²) in [6.45, 7) is 2.38. The minimum atomic E-state index is -0.226. The number of hydrogen-bond donors (Lipinski definition) is 2. The summed E-state index contributed by atoms with van der Waals surface area (Å²) in [5.41, 5.74) is 3.26. The number of aromatic nitrogens is 2. The van der Waals surface area contributed by atoms with Crippen LogP contribution in [0.4, 0.5) is 5.69 Å². The molecule has 0 atom stereocenters. The van der Waals surface area contributed by atoms with Crippen LogP contribution in [-0.2, 0) is 6.54 Å². The highest BCUT2D eigenvalue weighted by atomic mass is 35.5. The van der Waals surface area contributed by atoms with E-state index in [9.17, 15) is 4.79 Å². The van der Waals surface area contributed by atoms with Gasteiger partial charge in [0, 0.05) is 18.3 Å². The molecule has 7 heteroatoms. The van der Waals surface area contributed by atoms with Gasteiger partial charge in [-0.3, -0.25) is 4.79 Å². The van der Waals surface area contributed by atoms with Crippen LogP contribution in [0.25, 0.3) is 11.4 Å². The smallest absolute Gasteiger partial charge is 0.252 e. The number of rotatable bonds is 5. The van der Waals surface area contributed by atoms with Crippen LogP contribution in [0, 0.1) is 6.92 Å².